The molecule has 0 aromatic heterocycles. The fraction of sp³-hybridized carbons (Fsp3) is 0.222. The van der Waals surface area contributed by atoms with Crippen LogP contribution in [0.25, 0.3) is 0 Å². The lowest BCUT2D eigenvalue weighted by molar-refractivity contribution is 0.230. The van der Waals surface area contributed by atoms with Crippen molar-refractivity contribution in [1.82, 2.24) is 0 Å². The number of benzene rings is 1. The monoisotopic (exact) mass is 165 g/mol. The summed E-state index contributed by atoms with van der Waals surface area (Å²) in [6.45, 7) is 1.77. The number of aliphatic hydroxyl groups is 1. The number of aliphatic hydroxyl groups excluding tert-OH is 1. The smallest absolute Gasteiger partial charge is 0.168 e. The van der Waals surface area contributed by atoms with Crippen molar-refractivity contribution in [2.75, 3.05) is 0 Å². The molecule has 0 amide bonds. The summed E-state index contributed by atoms with van der Waals surface area (Å²) < 4.78 is 12.9. The molecule has 0 saturated heterocycles. The largest absolute Gasteiger partial charge is 0.374 e. The Balaban J connectivity index is 3.15. The molecule has 1 aromatic rings. The minimum absolute atomic E-state index is 0.0394. The highest BCUT2D eigenvalue weighted by molar-refractivity contribution is 5.28. The van der Waals surface area contributed by atoms with Crippen LogP contribution in [0.2, 0.25) is 0 Å². The molecule has 0 heterocycles. The minimum atomic E-state index is -1.37. The fourth-order valence-corrected chi connectivity index (χ4v) is 0.942. The number of halogens is 1. The highest BCUT2D eigenvalue weighted by Crippen LogP contribution is 2.17. The molecule has 0 aliphatic rings. The van der Waals surface area contributed by atoms with Gasteiger partial charge in [-0.25, -0.2) is 4.39 Å². The van der Waals surface area contributed by atoms with Crippen LogP contribution in [0.15, 0.2) is 18.2 Å². The first-order valence-corrected chi connectivity index (χ1v) is 3.49. The van der Waals surface area contributed by atoms with Crippen molar-refractivity contribution in [2.45, 2.75) is 13.0 Å². The maximum absolute atomic E-state index is 12.9. The lowest BCUT2D eigenvalue weighted by atomic mass is 10.1. The number of nitriles is 1. The molecule has 3 heteroatoms. The van der Waals surface area contributed by atoms with E-state index >= 15 is 0 Å². The molecule has 62 valence electrons. The van der Waals surface area contributed by atoms with Gasteiger partial charge in [0, 0.05) is 5.56 Å². The Labute approximate surface area is 69.9 Å². The second kappa shape index (κ2) is 3.33. The molecule has 0 spiro atoms. The van der Waals surface area contributed by atoms with Crippen LogP contribution in [0.1, 0.15) is 17.2 Å². The molecule has 1 atom stereocenters. The molecule has 0 aliphatic carbocycles. The molecule has 0 fully saturated rings. The lowest BCUT2D eigenvalue weighted by Gasteiger charge is -2.04. The summed E-state index contributed by atoms with van der Waals surface area (Å²) in [6.07, 6.45) is -1.37. The second-order valence-electron chi connectivity index (χ2n) is 2.56. The number of hydrogen-bond acceptors (Lipinski definition) is 2. The molecule has 1 N–H and O–H groups in total. The first kappa shape index (κ1) is 8.69. The molecule has 1 rings (SSSR count). The Bertz CT molecular complexity index is 330. The SMILES string of the molecule is Cc1ccc(F)c(C(O)C#N)c1. The van der Waals surface area contributed by atoms with E-state index in [4.69, 9.17) is 10.4 Å². The number of nitrogens with zero attached hydrogens (tertiary/aromatic N) is 1. The molecular weight excluding hydrogens is 157 g/mol. The predicted octanol–water partition coefficient (Wildman–Crippen LogP) is 1.69. The van der Waals surface area contributed by atoms with E-state index in [0.29, 0.717) is 0 Å². The number of aryl methyl sites for hydroxylation is 1. The van der Waals surface area contributed by atoms with Crippen molar-refractivity contribution in [2.24, 2.45) is 0 Å². The molecule has 1 aromatic carbocycles. The first-order chi connectivity index (χ1) is 5.65. The second-order valence-corrected chi connectivity index (χ2v) is 2.56. The van der Waals surface area contributed by atoms with Gasteiger partial charge in [0.1, 0.15) is 5.82 Å². The van der Waals surface area contributed by atoms with E-state index < -0.39 is 11.9 Å². The topological polar surface area (TPSA) is 44.0 Å². The number of hydrogen-bond donors (Lipinski definition) is 1. The first-order valence-electron chi connectivity index (χ1n) is 3.49. The van der Waals surface area contributed by atoms with E-state index in [1.807, 2.05) is 0 Å². The molecule has 0 aliphatic heterocycles. The van der Waals surface area contributed by atoms with Crippen LogP contribution in [0.4, 0.5) is 4.39 Å². The Morgan fingerprint density at radius 2 is 2.25 bits per heavy atom. The molecule has 0 bridgehead atoms. The van der Waals surface area contributed by atoms with E-state index in [-0.39, 0.29) is 5.56 Å². The van der Waals surface area contributed by atoms with Crippen LogP contribution in [0, 0.1) is 24.1 Å². The van der Waals surface area contributed by atoms with Gasteiger partial charge >= 0.3 is 0 Å². The van der Waals surface area contributed by atoms with Gasteiger partial charge in [0.05, 0.1) is 6.07 Å². The van der Waals surface area contributed by atoms with Crippen LogP contribution in [0.5, 0.6) is 0 Å². The Hall–Kier alpha value is -1.40. The molecule has 12 heavy (non-hydrogen) atoms. The van der Waals surface area contributed by atoms with E-state index in [9.17, 15) is 4.39 Å². The van der Waals surface area contributed by atoms with Gasteiger partial charge in [-0.05, 0) is 19.1 Å². The fourth-order valence-electron chi connectivity index (χ4n) is 0.942. The zero-order valence-electron chi connectivity index (χ0n) is 6.58. The summed E-state index contributed by atoms with van der Waals surface area (Å²) in [5.74, 6) is -0.547. The van der Waals surface area contributed by atoms with Gasteiger partial charge < -0.3 is 5.11 Å². The zero-order chi connectivity index (χ0) is 9.14. The van der Waals surface area contributed by atoms with Crippen LogP contribution in [0.3, 0.4) is 0 Å². The van der Waals surface area contributed by atoms with Crippen molar-refractivity contribution >= 4 is 0 Å². The van der Waals surface area contributed by atoms with Gasteiger partial charge in [0.2, 0.25) is 0 Å². The Kier molecular flexibility index (Phi) is 2.41. The van der Waals surface area contributed by atoms with Crippen LogP contribution >= 0.6 is 0 Å². The Morgan fingerprint density at radius 3 is 2.83 bits per heavy atom. The van der Waals surface area contributed by atoms with Crippen LogP contribution < -0.4 is 0 Å². The summed E-state index contributed by atoms with van der Waals surface area (Å²) in [4.78, 5) is 0. The summed E-state index contributed by atoms with van der Waals surface area (Å²) in [7, 11) is 0. The summed E-state index contributed by atoms with van der Waals surface area (Å²) in [6, 6.07) is 5.85. The molecule has 2 nitrogen and oxygen atoms in total. The van der Waals surface area contributed by atoms with Crippen molar-refractivity contribution in [3.63, 3.8) is 0 Å². The third-order valence-corrected chi connectivity index (χ3v) is 1.57. The average molecular weight is 165 g/mol. The summed E-state index contributed by atoms with van der Waals surface area (Å²) in [5.41, 5.74) is 0.859. The van der Waals surface area contributed by atoms with Crippen molar-refractivity contribution < 1.29 is 9.50 Å². The van der Waals surface area contributed by atoms with Gasteiger partial charge in [-0.3, -0.25) is 0 Å². The third-order valence-electron chi connectivity index (χ3n) is 1.57. The quantitative estimate of drug-likeness (QED) is 0.643. The van der Waals surface area contributed by atoms with E-state index in [1.54, 1.807) is 19.1 Å². The molecule has 1 unspecified atom stereocenters. The zero-order valence-corrected chi connectivity index (χ0v) is 6.58. The molecule has 0 saturated carbocycles. The highest BCUT2D eigenvalue weighted by Gasteiger charge is 2.10. The third kappa shape index (κ3) is 1.60. The van der Waals surface area contributed by atoms with E-state index in [0.717, 1.165) is 5.56 Å². The van der Waals surface area contributed by atoms with Gasteiger partial charge in [-0.1, -0.05) is 11.6 Å². The van der Waals surface area contributed by atoms with Crippen molar-refractivity contribution in [3.05, 3.63) is 35.1 Å². The lowest BCUT2D eigenvalue weighted by Crippen LogP contribution is -1.97. The standard InChI is InChI=1S/C9H8FNO/c1-6-2-3-8(10)7(4-6)9(12)5-11/h2-4,9,12H,1H3. The molecular formula is C9H8FNO. The maximum atomic E-state index is 12.9. The maximum Gasteiger partial charge on any atom is 0.168 e. The summed E-state index contributed by atoms with van der Waals surface area (Å²) >= 11 is 0. The van der Waals surface area contributed by atoms with E-state index in [1.165, 1.54) is 12.1 Å². The molecule has 0 radical (unpaired) electrons. The van der Waals surface area contributed by atoms with E-state index in [2.05, 4.69) is 0 Å². The Morgan fingerprint density at radius 1 is 1.58 bits per heavy atom. The van der Waals surface area contributed by atoms with Crippen LogP contribution in [-0.2, 0) is 0 Å². The average Bonchev–Trinajstić information content (AvgIpc) is 2.08. The highest BCUT2D eigenvalue weighted by atomic mass is 19.1. The van der Waals surface area contributed by atoms with Gasteiger partial charge in [0.25, 0.3) is 0 Å². The van der Waals surface area contributed by atoms with Crippen LogP contribution in [-0.4, -0.2) is 5.11 Å². The van der Waals surface area contributed by atoms with Gasteiger partial charge in [-0.15, -0.1) is 0 Å². The van der Waals surface area contributed by atoms with Gasteiger partial charge in [0.15, 0.2) is 6.10 Å². The summed E-state index contributed by atoms with van der Waals surface area (Å²) in [5, 5.41) is 17.4. The number of rotatable bonds is 1. The van der Waals surface area contributed by atoms with Crippen molar-refractivity contribution in [1.29, 1.82) is 5.26 Å². The predicted molar refractivity (Wildman–Crippen MR) is 41.7 cm³/mol. The van der Waals surface area contributed by atoms with Gasteiger partial charge in [-0.2, -0.15) is 5.26 Å². The van der Waals surface area contributed by atoms with Crippen molar-refractivity contribution in [3.8, 4) is 6.07 Å². The minimum Gasteiger partial charge on any atom is -0.374 e. The normalized spacial score (nSPS) is 12.2.